The summed E-state index contributed by atoms with van der Waals surface area (Å²) in [4.78, 5) is 18.2. The van der Waals surface area contributed by atoms with Gasteiger partial charge < -0.3 is 19.4 Å². The van der Waals surface area contributed by atoms with Crippen molar-refractivity contribution in [1.82, 2.24) is 29.1 Å². The van der Waals surface area contributed by atoms with Crippen molar-refractivity contribution in [3.05, 3.63) is 36.4 Å². The van der Waals surface area contributed by atoms with Crippen LogP contribution in [0.5, 0.6) is 5.75 Å². The van der Waals surface area contributed by atoms with Crippen molar-refractivity contribution >= 4 is 28.0 Å². The summed E-state index contributed by atoms with van der Waals surface area (Å²) >= 11 is 0. The molecule has 10 heteroatoms. The first-order valence-electron chi connectivity index (χ1n) is 10.6. The molecule has 1 fully saturated rings. The maximum absolute atomic E-state index is 14.2. The van der Waals surface area contributed by atoms with Gasteiger partial charge in [0, 0.05) is 6.61 Å². The summed E-state index contributed by atoms with van der Waals surface area (Å²) < 4.78 is 29.6. The first-order chi connectivity index (χ1) is 15.2. The van der Waals surface area contributed by atoms with E-state index in [9.17, 15) is 4.39 Å². The van der Waals surface area contributed by atoms with Crippen LogP contribution in [0.4, 0.5) is 10.2 Å². The highest BCUT2D eigenvalue weighted by Crippen LogP contribution is 2.35. The van der Waals surface area contributed by atoms with Gasteiger partial charge >= 0.3 is 0 Å². The summed E-state index contributed by atoms with van der Waals surface area (Å²) in [6.07, 6.45) is 6.41. The van der Waals surface area contributed by atoms with Crippen molar-refractivity contribution in [3.63, 3.8) is 0 Å². The Morgan fingerprint density at radius 2 is 2.13 bits per heavy atom. The minimum Gasteiger partial charge on any atom is -0.486 e. The van der Waals surface area contributed by atoms with E-state index in [0.717, 1.165) is 37.3 Å². The van der Waals surface area contributed by atoms with Gasteiger partial charge in [0.15, 0.2) is 28.5 Å². The molecule has 31 heavy (non-hydrogen) atoms. The third-order valence-corrected chi connectivity index (χ3v) is 5.97. The lowest BCUT2D eigenvalue weighted by Gasteiger charge is -2.23. The molecular formula is C21H22FN7O2. The van der Waals surface area contributed by atoms with E-state index < -0.39 is 0 Å². The van der Waals surface area contributed by atoms with Crippen LogP contribution in [-0.2, 0) is 11.3 Å². The lowest BCUT2D eigenvalue weighted by Crippen LogP contribution is -2.20. The number of fused-ring (bicyclic) bond motifs is 1. The summed E-state index contributed by atoms with van der Waals surface area (Å²) in [6, 6.07) is 2.90. The monoisotopic (exact) mass is 423 g/mol. The molecule has 5 heterocycles. The molecule has 2 atom stereocenters. The van der Waals surface area contributed by atoms with Crippen molar-refractivity contribution in [3.8, 4) is 5.75 Å². The lowest BCUT2D eigenvalue weighted by molar-refractivity contribution is -0.0298. The zero-order valence-corrected chi connectivity index (χ0v) is 17.1. The second-order valence-electron chi connectivity index (χ2n) is 7.95. The molecule has 1 N–H and O–H groups in total. The number of benzene rings is 1. The van der Waals surface area contributed by atoms with Crippen molar-refractivity contribution in [2.24, 2.45) is 0 Å². The van der Waals surface area contributed by atoms with Crippen LogP contribution in [-0.4, -0.2) is 42.3 Å². The summed E-state index contributed by atoms with van der Waals surface area (Å²) in [6.45, 7) is 3.77. The summed E-state index contributed by atoms with van der Waals surface area (Å²) in [7, 11) is 0. The molecule has 4 aromatic rings. The molecule has 160 valence electrons. The van der Waals surface area contributed by atoms with Gasteiger partial charge in [0.2, 0.25) is 0 Å². The van der Waals surface area contributed by atoms with E-state index in [1.165, 1.54) is 12.4 Å². The van der Waals surface area contributed by atoms with Gasteiger partial charge in [-0.2, -0.15) is 0 Å². The quantitative estimate of drug-likeness (QED) is 0.536. The van der Waals surface area contributed by atoms with Crippen molar-refractivity contribution in [2.45, 2.75) is 45.0 Å². The molecule has 2 aliphatic heterocycles. The largest absolute Gasteiger partial charge is 0.486 e. The molecule has 1 unspecified atom stereocenters. The van der Waals surface area contributed by atoms with E-state index in [2.05, 4.69) is 20.3 Å². The second kappa shape index (κ2) is 7.16. The van der Waals surface area contributed by atoms with Gasteiger partial charge in [-0.25, -0.2) is 24.3 Å². The number of hydrogen-bond acceptors (Lipinski definition) is 7. The number of nitrogens with one attached hydrogen (secondary N) is 1. The minimum absolute atomic E-state index is 0.0469. The molecule has 6 rings (SSSR count). The van der Waals surface area contributed by atoms with Crippen LogP contribution in [0.25, 0.3) is 22.2 Å². The van der Waals surface area contributed by atoms with Crippen LogP contribution in [0, 0.1) is 5.82 Å². The highest BCUT2D eigenvalue weighted by atomic mass is 19.1. The fourth-order valence-corrected chi connectivity index (χ4v) is 4.50. The number of halogens is 1. The average molecular weight is 423 g/mol. The standard InChI is InChI=1S/C21H22FN7O2/c1-12(20-27-14-6-5-13(22)18-17(14)28(20)7-9-31-18)26-19-16-21(24-10-23-19)29(11-25-16)15-4-2-3-8-30-15/h5-6,10-12,15H,2-4,7-9H2,1H3,(H,23,24,26)/t12-,15?/m0/s1. The number of nitrogens with zero attached hydrogens (tertiary/aromatic N) is 6. The predicted molar refractivity (Wildman–Crippen MR) is 111 cm³/mol. The Kier molecular flexibility index (Phi) is 4.27. The molecule has 0 amide bonds. The molecule has 1 aromatic carbocycles. The van der Waals surface area contributed by atoms with Crippen LogP contribution >= 0.6 is 0 Å². The third-order valence-electron chi connectivity index (χ3n) is 5.97. The van der Waals surface area contributed by atoms with Crippen LogP contribution in [0.1, 0.15) is 44.3 Å². The highest BCUT2D eigenvalue weighted by molar-refractivity contribution is 5.85. The molecule has 0 aliphatic carbocycles. The molecule has 0 bridgehead atoms. The van der Waals surface area contributed by atoms with E-state index in [1.54, 1.807) is 12.4 Å². The van der Waals surface area contributed by atoms with E-state index in [4.69, 9.17) is 14.5 Å². The van der Waals surface area contributed by atoms with E-state index in [1.807, 2.05) is 16.1 Å². The summed E-state index contributed by atoms with van der Waals surface area (Å²) in [5.74, 6) is 1.33. The normalized spacial score (nSPS) is 19.5. The SMILES string of the molecule is C[C@H](Nc1ncnc2c1ncn2C1CCCCO1)c1nc2ccc(F)c3c2n1CCO3. The van der Waals surface area contributed by atoms with E-state index in [0.29, 0.717) is 35.5 Å². The smallest absolute Gasteiger partial charge is 0.180 e. The Morgan fingerprint density at radius 3 is 3.00 bits per heavy atom. The Hall–Kier alpha value is -3.27. The van der Waals surface area contributed by atoms with Crippen molar-refractivity contribution < 1.29 is 13.9 Å². The van der Waals surface area contributed by atoms with Gasteiger partial charge in [-0.15, -0.1) is 0 Å². The van der Waals surface area contributed by atoms with Crippen LogP contribution in [0.3, 0.4) is 0 Å². The Balaban J connectivity index is 1.36. The van der Waals surface area contributed by atoms with Crippen LogP contribution < -0.4 is 10.1 Å². The Bertz CT molecular complexity index is 1280. The molecular weight excluding hydrogens is 401 g/mol. The third kappa shape index (κ3) is 2.93. The number of imidazole rings is 2. The first-order valence-corrected chi connectivity index (χ1v) is 10.6. The first kappa shape index (κ1) is 18.5. The molecule has 0 radical (unpaired) electrons. The number of hydrogen-bond donors (Lipinski definition) is 1. The molecule has 9 nitrogen and oxygen atoms in total. The number of anilines is 1. The Morgan fingerprint density at radius 1 is 1.19 bits per heavy atom. The van der Waals surface area contributed by atoms with Gasteiger partial charge in [-0.3, -0.25) is 4.57 Å². The number of rotatable bonds is 4. The number of ether oxygens (including phenoxy) is 2. The minimum atomic E-state index is -0.367. The van der Waals surface area contributed by atoms with Crippen LogP contribution in [0.15, 0.2) is 24.8 Å². The maximum atomic E-state index is 14.2. The molecule has 1 saturated heterocycles. The van der Waals surface area contributed by atoms with Gasteiger partial charge in [0.1, 0.15) is 30.5 Å². The maximum Gasteiger partial charge on any atom is 0.180 e. The topological polar surface area (TPSA) is 91.9 Å². The molecule has 2 aliphatic rings. The van der Waals surface area contributed by atoms with Crippen molar-refractivity contribution in [2.75, 3.05) is 18.5 Å². The van der Waals surface area contributed by atoms with Gasteiger partial charge in [0.25, 0.3) is 0 Å². The fraction of sp³-hybridized carbons (Fsp3) is 0.429. The zero-order valence-electron chi connectivity index (χ0n) is 17.1. The average Bonchev–Trinajstić information content (AvgIpc) is 3.40. The second-order valence-corrected chi connectivity index (χ2v) is 7.95. The van der Waals surface area contributed by atoms with Crippen molar-refractivity contribution in [1.29, 1.82) is 0 Å². The lowest BCUT2D eigenvalue weighted by atomic mass is 10.2. The number of aromatic nitrogens is 6. The molecule has 0 spiro atoms. The van der Waals surface area contributed by atoms with Crippen LogP contribution in [0.2, 0.25) is 0 Å². The molecule has 3 aromatic heterocycles. The van der Waals surface area contributed by atoms with Gasteiger partial charge in [0.05, 0.1) is 24.4 Å². The fourth-order valence-electron chi connectivity index (χ4n) is 4.50. The van der Waals surface area contributed by atoms with E-state index >= 15 is 0 Å². The Labute approximate surface area is 177 Å². The van der Waals surface area contributed by atoms with Gasteiger partial charge in [-0.05, 0) is 38.3 Å². The highest BCUT2D eigenvalue weighted by Gasteiger charge is 2.26. The molecule has 0 saturated carbocycles. The summed E-state index contributed by atoms with van der Waals surface area (Å²) in [5, 5.41) is 3.43. The van der Waals surface area contributed by atoms with E-state index in [-0.39, 0.29) is 23.8 Å². The zero-order chi connectivity index (χ0) is 20.9. The predicted octanol–water partition coefficient (Wildman–Crippen LogP) is 3.58. The van der Waals surface area contributed by atoms with Gasteiger partial charge in [-0.1, -0.05) is 0 Å². The summed E-state index contributed by atoms with van der Waals surface area (Å²) in [5.41, 5.74) is 2.84.